The van der Waals surface area contributed by atoms with Crippen LogP contribution in [0, 0.1) is 5.92 Å². The van der Waals surface area contributed by atoms with Crippen LogP contribution in [-0.4, -0.2) is 29.5 Å². The van der Waals surface area contributed by atoms with Crippen molar-refractivity contribution >= 4 is 22.6 Å². The van der Waals surface area contributed by atoms with Crippen LogP contribution in [0.15, 0.2) is 71.7 Å². The predicted molar refractivity (Wildman–Crippen MR) is 125 cm³/mol. The van der Waals surface area contributed by atoms with E-state index in [1.165, 1.54) is 16.6 Å². The van der Waals surface area contributed by atoms with E-state index in [4.69, 9.17) is 0 Å². The Hall–Kier alpha value is -3.41. The number of nitrogens with one attached hydrogen (secondary N) is 2. The normalized spacial score (nSPS) is 17.9. The van der Waals surface area contributed by atoms with Crippen LogP contribution in [0.5, 0.6) is 0 Å². The summed E-state index contributed by atoms with van der Waals surface area (Å²) in [6.07, 6.45) is 5.32. The number of amides is 2. The number of hydrogen-bond acceptors (Lipinski definition) is 3. The fraction of sp³-hybridized carbons (Fsp3) is 0.346. The molecule has 0 spiro atoms. The average molecular weight is 432 g/mol. The van der Waals surface area contributed by atoms with Crippen LogP contribution in [0.4, 0.5) is 0 Å². The molecule has 0 saturated heterocycles. The van der Waals surface area contributed by atoms with Gasteiger partial charge in [0.15, 0.2) is 0 Å². The van der Waals surface area contributed by atoms with E-state index in [-0.39, 0.29) is 36.9 Å². The summed E-state index contributed by atoms with van der Waals surface area (Å²) in [5.41, 5.74) is 1.15. The first-order chi connectivity index (χ1) is 15.6. The molecule has 6 nitrogen and oxygen atoms in total. The van der Waals surface area contributed by atoms with Crippen LogP contribution in [-0.2, 0) is 16.1 Å². The monoisotopic (exact) mass is 431 g/mol. The molecule has 0 bridgehead atoms. The topological polar surface area (TPSA) is 80.2 Å². The van der Waals surface area contributed by atoms with E-state index in [1.807, 2.05) is 24.3 Å². The zero-order valence-electron chi connectivity index (χ0n) is 18.1. The van der Waals surface area contributed by atoms with Crippen LogP contribution in [0.1, 0.15) is 37.2 Å². The van der Waals surface area contributed by atoms with Gasteiger partial charge in [-0.05, 0) is 47.8 Å². The molecule has 166 valence electrons. The van der Waals surface area contributed by atoms with Gasteiger partial charge in [-0.25, -0.2) is 0 Å². The zero-order valence-corrected chi connectivity index (χ0v) is 18.1. The molecule has 3 aromatic rings. The van der Waals surface area contributed by atoms with Gasteiger partial charge in [0.1, 0.15) is 6.54 Å². The van der Waals surface area contributed by atoms with Gasteiger partial charge in [0.05, 0.1) is 0 Å². The van der Waals surface area contributed by atoms with Crippen molar-refractivity contribution in [3.8, 4) is 0 Å². The second-order valence-electron chi connectivity index (χ2n) is 8.45. The first-order valence-corrected chi connectivity index (χ1v) is 11.3. The smallest absolute Gasteiger partial charge is 0.258 e. The van der Waals surface area contributed by atoms with Crippen LogP contribution >= 0.6 is 0 Å². The first-order valence-electron chi connectivity index (χ1n) is 11.3. The summed E-state index contributed by atoms with van der Waals surface area (Å²) in [5.74, 6) is 0.606. The third-order valence-electron chi connectivity index (χ3n) is 6.32. The lowest BCUT2D eigenvalue weighted by molar-refractivity contribution is -0.122. The summed E-state index contributed by atoms with van der Waals surface area (Å²) in [5, 5.41) is 7.21. The molecule has 0 aliphatic heterocycles. The lowest BCUT2D eigenvalue weighted by atomic mass is 9.89. The van der Waals surface area contributed by atoms with Gasteiger partial charge in [-0.2, -0.15) is 0 Å². The molecular formula is C26H29N3O3. The molecule has 2 atom stereocenters. The number of fused-ring (bicyclic) bond motifs is 1. The highest BCUT2D eigenvalue weighted by atomic mass is 16.2. The highest BCUT2D eigenvalue weighted by Crippen LogP contribution is 2.39. The number of carbonyl (C=O) groups is 2. The molecule has 0 radical (unpaired) electrons. The summed E-state index contributed by atoms with van der Waals surface area (Å²) < 4.78 is 1.39. The number of pyridine rings is 1. The van der Waals surface area contributed by atoms with Crippen molar-refractivity contribution in [1.29, 1.82) is 0 Å². The number of carbonyl (C=O) groups excluding carboxylic acids is 2. The van der Waals surface area contributed by atoms with Gasteiger partial charge in [-0.1, -0.05) is 55.0 Å². The molecule has 1 heterocycles. The Labute approximate surface area is 187 Å². The number of rotatable bonds is 8. The van der Waals surface area contributed by atoms with E-state index in [9.17, 15) is 14.4 Å². The highest BCUT2D eigenvalue weighted by Gasteiger charge is 2.28. The van der Waals surface area contributed by atoms with Gasteiger partial charge >= 0.3 is 0 Å². The van der Waals surface area contributed by atoms with E-state index in [0.29, 0.717) is 23.8 Å². The quantitative estimate of drug-likeness (QED) is 0.575. The molecule has 2 aromatic carbocycles. The second-order valence-corrected chi connectivity index (χ2v) is 8.45. The predicted octanol–water partition coefficient (Wildman–Crippen LogP) is 3.21. The maximum Gasteiger partial charge on any atom is 0.258 e. The number of hydrogen-bond donors (Lipinski definition) is 2. The van der Waals surface area contributed by atoms with Gasteiger partial charge in [0, 0.05) is 31.1 Å². The number of benzene rings is 2. The van der Waals surface area contributed by atoms with Crippen LogP contribution in [0.25, 0.3) is 10.8 Å². The summed E-state index contributed by atoms with van der Waals surface area (Å²) in [7, 11) is 0. The molecule has 6 heteroatoms. The lowest BCUT2D eigenvalue weighted by Crippen LogP contribution is -2.36. The summed E-state index contributed by atoms with van der Waals surface area (Å²) >= 11 is 0. The third kappa shape index (κ3) is 5.25. The largest absolute Gasteiger partial charge is 0.356 e. The number of aromatic nitrogens is 1. The minimum atomic E-state index is -0.282. The van der Waals surface area contributed by atoms with E-state index >= 15 is 0 Å². The summed E-state index contributed by atoms with van der Waals surface area (Å²) in [6, 6.07) is 19.6. The fourth-order valence-electron chi connectivity index (χ4n) is 4.63. The molecule has 0 unspecified atom stereocenters. The fourth-order valence-corrected chi connectivity index (χ4v) is 4.63. The molecular weight excluding hydrogens is 402 g/mol. The van der Waals surface area contributed by atoms with Crippen molar-refractivity contribution < 1.29 is 9.59 Å². The molecule has 4 rings (SSSR count). The standard InChI is InChI=1S/C26H29N3O3/c30-24(28-17-21-10-6-12-22(21)19-7-2-1-3-8-19)13-15-27-25(31)18-29-16-14-20-9-4-5-11-23(20)26(29)32/h1-5,7-9,11,14,16,21-22H,6,10,12-13,15,17-18H2,(H,27,31)(H,28,30)/t21-,22+/m1/s1. The molecule has 1 aliphatic rings. The second kappa shape index (κ2) is 10.3. The SMILES string of the molecule is O=C(CCNC(=O)Cn1ccc2ccccc2c1=O)NC[C@H]1CCC[C@H]1c1ccccc1. The first kappa shape index (κ1) is 21.8. The van der Waals surface area contributed by atoms with Gasteiger partial charge in [0.25, 0.3) is 5.56 Å². The van der Waals surface area contributed by atoms with Crippen LogP contribution < -0.4 is 16.2 Å². The average Bonchev–Trinajstić information content (AvgIpc) is 3.29. The Morgan fingerprint density at radius 3 is 2.53 bits per heavy atom. The van der Waals surface area contributed by atoms with Crippen molar-refractivity contribution in [2.24, 2.45) is 5.92 Å². The molecule has 2 amide bonds. The van der Waals surface area contributed by atoms with E-state index in [0.717, 1.165) is 18.2 Å². The zero-order chi connectivity index (χ0) is 22.3. The van der Waals surface area contributed by atoms with E-state index in [2.05, 4.69) is 34.9 Å². The maximum absolute atomic E-state index is 12.5. The van der Waals surface area contributed by atoms with E-state index in [1.54, 1.807) is 18.3 Å². The molecule has 32 heavy (non-hydrogen) atoms. The third-order valence-corrected chi connectivity index (χ3v) is 6.32. The van der Waals surface area contributed by atoms with E-state index < -0.39 is 0 Å². The van der Waals surface area contributed by atoms with Gasteiger partial charge in [-0.15, -0.1) is 0 Å². The van der Waals surface area contributed by atoms with Crippen molar-refractivity contribution in [3.63, 3.8) is 0 Å². The summed E-state index contributed by atoms with van der Waals surface area (Å²) in [6.45, 7) is 0.852. The Balaban J connectivity index is 1.21. The van der Waals surface area contributed by atoms with Crippen molar-refractivity contribution in [2.75, 3.05) is 13.1 Å². The van der Waals surface area contributed by atoms with Crippen molar-refractivity contribution in [3.05, 3.63) is 82.8 Å². The van der Waals surface area contributed by atoms with Gasteiger partial charge < -0.3 is 15.2 Å². The highest BCUT2D eigenvalue weighted by molar-refractivity contribution is 5.82. The molecule has 2 N–H and O–H groups in total. The Bertz CT molecular complexity index is 1140. The van der Waals surface area contributed by atoms with Gasteiger partial charge in [-0.3, -0.25) is 14.4 Å². The Morgan fingerprint density at radius 1 is 0.906 bits per heavy atom. The minimum absolute atomic E-state index is 0.0631. The Morgan fingerprint density at radius 2 is 1.69 bits per heavy atom. The molecule has 1 saturated carbocycles. The van der Waals surface area contributed by atoms with Crippen LogP contribution in [0.2, 0.25) is 0 Å². The minimum Gasteiger partial charge on any atom is -0.356 e. The van der Waals surface area contributed by atoms with Crippen molar-refractivity contribution in [1.82, 2.24) is 15.2 Å². The molecule has 1 aromatic heterocycles. The van der Waals surface area contributed by atoms with Gasteiger partial charge in [0.2, 0.25) is 11.8 Å². The van der Waals surface area contributed by atoms with Crippen LogP contribution in [0.3, 0.4) is 0 Å². The number of nitrogens with zero attached hydrogens (tertiary/aromatic N) is 1. The lowest BCUT2D eigenvalue weighted by Gasteiger charge is -2.20. The van der Waals surface area contributed by atoms with Crippen molar-refractivity contribution in [2.45, 2.75) is 38.1 Å². The molecule has 1 fully saturated rings. The molecule has 1 aliphatic carbocycles. The summed E-state index contributed by atoms with van der Waals surface area (Å²) in [4.78, 5) is 37.0. The Kier molecular flexibility index (Phi) is 7.00. The maximum atomic E-state index is 12.5.